The summed E-state index contributed by atoms with van der Waals surface area (Å²) in [5.41, 5.74) is 5.05. The highest BCUT2D eigenvalue weighted by atomic mass is 14.9. The minimum Gasteiger partial charge on any atom is -0.207 e. The van der Waals surface area contributed by atoms with Gasteiger partial charge in [0, 0.05) is 23.3 Å². The van der Waals surface area contributed by atoms with E-state index in [1.807, 2.05) is 0 Å². The number of aryl methyl sites for hydroxylation is 2. The fourth-order valence-electron chi connectivity index (χ4n) is 4.80. The molecule has 2 aromatic heterocycles. The van der Waals surface area contributed by atoms with Gasteiger partial charge in [0.1, 0.15) is 14.1 Å². The van der Waals surface area contributed by atoms with Gasteiger partial charge in [0.15, 0.2) is 24.8 Å². The summed E-state index contributed by atoms with van der Waals surface area (Å²) in [6, 6.07) is 26.8. The number of rotatable bonds is 2. The molecular weight excluding hydrogens is 364 g/mol. The van der Waals surface area contributed by atoms with Gasteiger partial charge in [-0.1, -0.05) is 48.5 Å². The average Bonchev–Trinajstić information content (AvgIpc) is 2.77. The standard InChI is InChI=1S/C28H22N2/c1-29-15-3-5-21(17-29)23-11-7-19-10-14-26-24(22-6-4-16-30(2)18-22)12-8-20-9-13-25(23)27(19)28(20)26/h3-18H,1-2H3/q+2. The maximum atomic E-state index is 2.29. The molecule has 0 saturated carbocycles. The smallest absolute Gasteiger partial charge is 0.176 e. The molecule has 0 saturated heterocycles. The Balaban J connectivity index is 1.73. The first-order valence-corrected chi connectivity index (χ1v) is 10.3. The van der Waals surface area contributed by atoms with Crippen molar-refractivity contribution in [1.82, 2.24) is 0 Å². The highest BCUT2D eigenvalue weighted by molar-refractivity contribution is 6.27. The maximum absolute atomic E-state index is 2.29. The maximum Gasteiger partial charge on any atom is 0.176 e. The Morgan fingerprint density at radius 3 is 1.37 bits per heavy atom. The molecule has 0 radical (unpaired) electrons. The number of pyridine rings is 2. The van der Waals surface area contributed by atoms with Crippen molar-refractivity contribution in [2.45, 2.75) is 0 Å². The third-order valence-corrected chi connectivity index (χ3v) is 6.17. The first kappa shape index (κ1) is 17.1. The van der Waals surface area contributed by atoms with Crippen molar-refractivity contribution in [3.8, 4) is 22.3 Å². The van der Waals surface area contributed by atoms with Gasteiger partial charge in [-0.05, 0) is 55.6 Å². The van der Waals surface area contributed by atoms with Crippen molar-refractivity contribution in [2.24, 2.45) is 14.1 Å². The summed E-state index contributed by atoms with van der Waals surface area (Å²) in [6.07, 6.45) is 8.54. The molecular formula is C28H22N2+2. The Morgan fingerprint density at radius 2 is 0.933 bits per heavy atom. The third kappa shape index (κ3) is 2.50. The predicted molar refractivity (Wildman–Crippen MR) is 123 cm³/mol. The molecule has 2 heterocycles. The number of hydrogen-bond donors (Lipinski definition) is 0. The van der Waals surface area contributed by atoms with E-state index in [0.29, 0.717) is 0 Å². The molecule has 6 rings (SSSR count). The molecule has 30 heavy (non-hydrogen) atoms. The highest BCUT2D eigenvalue weighted by Crippen LogP contribution is 2.41. The van der Waals surface area contributed by atoms with E-state index in [0.717, 1.165) is 0 Å². The zero-order valence-electron chi connectivity index (χ0n) is 17.1. The molecule has 2 heteroatoms. The second kappa shape index (κ2) is 6.36. The molecule has 142 valence electrons. The predicted octanol–water partition coefficient (Wildman–Crippen LogP) is 5.57. The van der Waals surface area contributed by atoms with E-state index in [1.165, 1.54) is 54.6 Å². The van der Waals surface area contributed by atoms with Crippen molar-refractivity contribution in [1.29, 1.82) is 0 Å². The van der Waals surface area contributed by atoms with E-state index in [-0.39, 0.29) is 0 Å². The molecule has 2 nitrogen and oxygen atoms in total. The number of aromatic nitrogens is 2. The van der Waals surface area contributed by atoms with Gasteiger partial charge in [-0.3, -0.25) is 0 Å². The molecule has 0 aliphatic carbocycles. The van der Waals surface area contributed by atoms with E-state index in [2.05, 4.69) is 121 Å². The second-order valence-electron chi connectivity index (χ2n) is 8.16. The molecule has 0 spiro atoms. The van der Waals surface area contributed by atoms with Gasteiger partial charge in [-0.2, -0.15) is 0 Å². The van der Waals surface area contributed by atoms with Crippen molar-refractivity contribution in [2.75, 3.05) is 0 Å². The summed E-state index contributed by atoms with van der Waals surface area (Å²) < 4.78 is 4.22. The lowest BCUT2D eigenvalue weighted by Crippen LogP contribution is -2.26. The van der Waals surface area contributed by atoms with Crippen LogP contribution in [0.4, 0.5) is 0 Å². The van der Waals surface area contributed by atoms with Crippen LogP contribution in [-0.4, -0.2) is 0 Å². The summed E-state index contributed by atoms with van der Waals surface area (Å²) in [4.78, 5) is 0. The summed E-state index contributed by atoms with van der Waals surface area (Å²) in [7, 11) is 4.15. The SMILES string of the molecule is C[n+]1cccc(-c2ccc3ccc4c(-c5ccc[n+](C)c5)ccc5ccc2c3c54)c1. The molecule has 0 bridgehead atoms. The van der Waals surface area contributed by atoms with Crippen LogP contribution >= 0.6 is 0 Å². The molecule has 6 aromatic rings. The fraction of sp³-hybridized carbons (Fsp3) is 0.0714. The molecule has 0 N–H and O–H groups in total. The van der Waals surface area contributed by atoms with Crippen LogP contribution in [0.5, 0.6) is 0 Å². The third-order valence-electron chi connectivity index (χ3n) is 6.17. The van der Waals surface area contributed by atoms with Gasteiger partial charge in [0.25, 0.3) is 0 Å². The van der Waals surface area contributed by atoms with Crippen LogP contribution in [0.2, 0.25) is 0 Å². The summed E-state index contributed by atoms with van der Waals surface area (Å²) in [5, 5.41) is 7.93. The van der Waals surface area contributed by atoms with Crippen molar-refractivity contribution in [3.05, 3.63) is 97.6 Å². The van der Waals surface area contributed by atoms with Gasteiger partial charge in [-0.25, -0.2) is 9.13 Å². The quantitative estimate of drug-likeness (QED) is 0.272. The molecule has 0 aliphatic heterocycles. The Bertz CT molecular complexity index is 1440. The van der Waals surface area contributed by atoms with Crippen molar-refractivity contribution >= 4 is 32.3 Å². The molecule has 0 unspecified atom stereocenters. The van der Waals surface area contributed by atoms with Gasteiger partial charge in [0.2, 0.25) is 0 Å². The van der Waals surface area contributed by atoms with Gasteiger partial charge < -0.3 is 0 Å². The van der Waals surface area contributed by atoms with Crippen LogP contribution in [0.1, 0.15) is 0 Å². The topological polar surface area (TPSA) is 7.76 Å². The lowest BCUT2D eigenvalue weighted by atomic mass is 9.87. The lowest BCUT2D eigenvalue weighted by Gasteiger charge is -2.15. The summed E-state index contributed by atoms with van der Waals surface area (Å²) >= 11 is 0. The van der Waals surface area contributed by atoms with Crippen molar-refractivity contribution in [3.63, 3.8) is 0 Å². The number of benzene rings is 4. The Morgan fingerprint density at radius 1 is 0.500 bits per heavy atom. The Kier molecular flexibility index (Phi) is 3.63. The molecule has 0 fully saturated rings. The first-order chi connectivity index (χ1) is 14.7. The monoisotopic (exact) mass is 386 g/mol. The van der Waals surface area contributed by atoms with Crippen LogP contribution in [-0.2, 0) is 14.1 Å². The van der Waals surface area contributed by atoms with Crippen LogP contribution < -0.4 is 9.13 Å². The van der Waals surface area contributed by atoms with E-state index >= 15 is 0 Å². The lowest BCUT2D eigenvalue weighted by molar-refractivity contribution is -0.671. The number of nitrogens with zero attached hydrogens (tertiary/aromatic N) is 2. The zero-order valence-corrected chi connectivity index (χ0v) is 17.1. The van der Waals surface area contributed by atoms with Crippen LogP contribution in [0.15, 0.2) is 97.6 Å². The highest BCUT2D eigenvalue weighted by Gasteiger charge is 2.16. The van der Waals surface area contributed by atoms with Crippen LogP contribution in [0.25, 0.3) is 54.6 Å². The first-order valence-electron chi connectivity index (χ1n) is 10.3. The Labute approximate surface area is 175 Å². The van der Waals surface area contributed by atoms with Gasteiger partial charge >= 0.3 is 0 Å². The molecule has 4 aromatic carbocycles. The zero-order chi connectivity index (χ0) is 20.2. The van der Waals surface area contributed by atoms with Crippen LogP contribution in [0.3, 0.4) is 0 Å². The number of hydrogen-bond acceptors (Lipinski definition) is 0. The minimum atomic E-state index is 1.24. The minimum absolute atomic E-state index is 1.24. The molecule has 0 atom stereocenters. The average molecular weight is 386 g/mol. The van der Waals surface area contributed by atoms with Crippen LogP contribution in [0, 0.1) is 0 Å². The Hall–Kier alpha value is -3.78. The normalized spacial score (nSPS) is 11.7. The van der Waals surface area contributed by atoms with E-state index in [1.54, 1.807) is 0 Å². The van der Waals surface area contributed by atoms with Gasteiger partial charge in [-0.15, -0.1) is 0 Å². The van der Waals surface area contributed by atoms with Gasteiger partial charge in [0.05, 0.1) is 0 Å². The summed E-state index contributed by atoms with van der Waals surface area (Å²) in [5.74, 6) is 0. The molecule has 0 aliphatic rings. The van der Waals surface area contributed by atoms with E-state index < -0.39 is 0 Å². The fourth-order valence-corrected chi connectivity index (χ4v) is 4.80. The second-order valence-corrected chi connectivity index (χ2v) is 8.16. The largest absolute Gasteiger partial charge is 0.207 e. The van der Waals surface area contributed by atoms with E-state index in [4.69, 9.17) is 0 Å². The van der Waals surface area contributed by atoms with E-state index in [9.17, 15) is 0 Å². The molecule has 0 amide bonds. The van der Waals surface area contributed by atoms with Crippen molar-refractivity contribution < 1.29 is 9.13 Å². The summed E-state index contributed by atoms with van der Waals surface area (Å²) in [6.45, 7) is 0.